The molecule has 21 heavy (non-hydrogen) atoms. The molecule has 3 N–H and O–H groups in total. The van der Waals surface area contributed by atoms with Crippen molar-refractivity contribution in [3.05, 3.63) is 29.3 Å². The number of hydrogen-bond acceptors (Lipinski definition) is 3. The Kier molecular flexibility index (Phi) is 6.69. The number of amides is 1. The lowest BCUT2D eigenvalue weighted by atomic mass is 10.0. The molecule has 0 fully saturated rings. The van der Waals surface area contributed by atoms with Crippen molar-refractivity contribution in [1.29, 1.82) is 0 Å². The Morgan fingerprint density at radius 2 is 1.90 bits per heavy atom. The van der Waals surface area contributed by atoms with Gasteiger partial charge in [0.25, 0.3) is 5.91 Å². The van der Waals surface area contributed by atoms with Gasteiger partial charge in [0.15, 0.2) is 0 Å². The van der Waals surface area contributed by atoms with Crippen molar-refractivity contribution in [3.63, 3.8) is 0 Å². The van der Waals surface area contributed by atoms with E-state index in [1.54, 1.807) is 0 Å². The molecule has 0 aliphatic carbocycles. The third kappa shape index (κ3) is 4.46. The van der Waals surface area contributed by atoms with E-state index in [2.05, 4.69) is 33.1 Å². The summed E-state index contributed by atoms with van der Waals surface area (Å²) < 4.78 is 0. The molecule has 0 spiro atoms. The average molecular weight is 291 g/mol. The minimum absolute atomic E-state index is 0.115. The highest BCUT2D eigenvalue weighted by atomic mass is 16.2. The summed E-state index contributed by atoms with van der Waals surface area (Å²) in [6.45, 7) is 11.3. The van der Waals surface area contributed by atoms with Crippen LogP contribution in [0.5, 0.6) is 0 Å². The zero-order chi connectivity index (χ0) is 16.0. The second kappa shape index (κ2) is 8.03. The van der Waals surface area contributed by atoms with Gasteiger partial charge < -0.3 is 10.3 Å². The van der Waals surface area contributed by atoms with Crippen LogP contribution in [-0.2, 0) is 0 Å². The number of anilines is 1. The molecule has 1 aromatic carbocycles. The molecule has 0 aliphatic rings. The molecular formula is C17H29N3O. The van der Waals surface area contributed by atoms with Gasteiger partial charge in [-0.2, -0.15) is 0 Å². The topological polar surface area (TPSA) is 58.4 Å². The predicted molar refractivity (Wildman–Crippen MR) is 89.2 cm³/mol. The summed E-state index contributed by atoms with van der Waals surface area (Å²) in [5.74, 6) is 6.02. The molecule has 0 saturated carbocycles. The van der Waals surface area contributed by atoms with Crippen molar-refractivity contribution in [2.45, 2.75) is 53.5 Å². The van der Waals surface area contributed by atoms with E-state index in [-0.39, 0.29) is 5.91 Å². The number of rotatable bonds is 7. The Bertz CT molecular complexity index is 467. The number of nitrogens with zero attached hydrogens (tertiary/aromatic N) is 1. The van der Waals surface area contributed by atoms with E-state index in [9.17, 15) is 4.79 Å². The molecule has 0 radical (unpaired) electrons. The maximum Gasteiger partial charge on any atom is 0.254 e. The number of carbonyl (C=O) groups is 1. The van der Waals surface area contributed by atoms with Gasteiger partial charge in [0.1, 0.15) is 0 Å². The maximum absolute atomic E-state index is 12.9. The lowest BCUT2D eigenvalue weighted by Crippen LogP contribution is -2.42. The standard InChI is InChI=1S/C17H29N3O/c1-6-15(7-2)20(11-12(3)4)17(21)14-8-9-16(19-18)13(5)10-14/h8-10,12,15,19H,6-7,11,18H2,1-5H3. The maximum atomic E-state index is 12.9. The van der Waals surface area contributed by atoms with E-state index < -0.39 is 0 Å². The molecule has 4 heteroatoms. The Labute approximate surface area is 128 Å². The zero-order valence-corrected chi connectivity index (χ0v) is 13.9. The SMILES string of the molecule is CCC(CC)N(CC(C)C)C(=O)c1ccc(NN)c(C)c1. The number of carbonyl (C=O) groups excluding carboxylic acids is 1. The molecule has 0 unspecified atom stereocenters. The van der Waals surface area contributed by atoms with Crippen LogP contribution in [0.1, 0.15) is 56.5 Å². The van der Waals surface area contributed by atoms with Gasteiger partial charge in [-0.3, -0.25) is 10.6 Å². The van der Waals surface area contributed by atoms with Crippen LogP contribution in [0.15, 0.2) is 18.2 Å². The van der Waals surface area contributed by atoms with Crippen LogP contribution in [0.4, 0.5) is 5.69 Å². The number of aryl methyl sites for hydroxylation is 1. The fourth-order valence-corrected chi connectivity index (χ4v) is 2.65. The van der Waals surface area contributed by atoms with Gasteiger partial charge in [-0.05, 0) is 49.4 Å². The van der Waals surface area contributed by atoms with Crippen LogP contribution in [-0.4, -0.2) is 23.4 Å². The Hall–Kier alpha value is -1.55. The third-order valence-corrected chi connectivity index (χ3v) is 3.83. The lowest BCUT2D eigenvalue weighted by Gasteiger charge is -2.32. The minimum atomic E-state index is 0.115. The molecular weight excluding hydrogens is 262 g/mol. The van der Waals surface area contributed by atoms with Crippen LogP contribution < -0.4 is 11.3 Å². The molecule has 0 bridgehead atoms. The van der Waals surface area contributed by atoms with Crippen molar-refractivity contribution < 1.29 is 4.79 Å². The summed E-state index contributed by atoms with van der Waals surface area (Å²) in [5.41, 5.74) is 5.21. The molecule has 0 atom stereocenters. The largest absolute Gasteiger partial charge is 0.335 e. The molecule has 1 rings (SSSR count). The van der Waals surface area contributed by atoms with Crippen LogP contribution in [0.2, 0.25) is 0 Å². The van der Waals surface area contributed by atoms with Crippen LogP contribution in [0.3, 0.4) is 0 Å². The highest BCUT2D eigenvalue weighted by Crippen LogP contribution is 2.20. The number of hydrogen-bond donors (Lipinski definition) is 2. The quantitative estimate of drug-likeness (QED) is 0.596. The fraction of sp³-hybridized carbons (Fsp3) is 0.588. The van der Waals surface area contributed by atoms with Gasteiger partial charge in [0.2, 0.25) is 0 Å². The molecule has 1 amide bonds. The monoisotopic (exact) mass is 291 g/mol. The van der Waals surface area contributed by atoms with Crippen molar-refractivity contribution in [2.75, 3.05) is 12.0 Å². The molecule has 0 saturated heterocycles. The number of nitrogens with one attached hydrogen (secondary N) is 1. The summed E-state index contributed by atoms with van der Waals surface area (Å²) >= 11 is 0. The fourth-order valence-electron chi connectivity index (χ4n) is 2.65. The molecule has 1 aromatic rings. The van der Waals surface area contributed by atoms with Crippen LogP contribution >= 0.6 is 0 Å². The summed E-state index contributed by atoms with van der Waals surface area (Å²) in [7, 11) is 0. The number of hydrazine groups is 1. The van der Waals surface area contributed by atoms with Crippen LogP contribution in [0, 0.1) is 12.8 Å². The first-order valence-electron chi connectivity index (χ1n) is 7.82. The number of benzene rings is 1. The van der Waals surface area contributed by atoms with Crippen molar-refractivity contribution in [1.82, 2.24) is 4.90 Å². The summed E-state index contributed by atoms with van der Waals surface area (Å²) in [5, 5.41) is 0. The third-order valence-electron chi connectivity index (χ3n) is 3.83. The summed E-state index contributed by atoms with van der Waals surface area (Å²) in [6.07, 6.45) is 1.97. The molecule has 0 heterocycles. The smallest absolute Gasteiger partial charge is 0.254 e. The van der Waals surface area contributed by atoms with Gasteiger partial charge in [-0.15, -0.1) is 0 Å². The minimum Gasteiger partial charge on any atom is -0.335 e. The lowest BCUT2D eigenvalue weighted by molar-refractivity contribution is 0.0640. The Morgan fingerprint density at radius 3 is 2.33 bits per heavy atom. The van der Waals surface area contributed by atoms with Gasteiger partial charge in [0, 0.05) is 18.2 Å². The van der Waals surface area contributed by atoms with E-state index in [4.69, 9.17) is 5.84 Å². The first kappa shape index (κ1) is 17.5. The normalized spacial score (nSPS) is 11.0. The van der Waals surface area contributed by atoms with E-state index in [1.165, 1.54) is 0 Å². The molecule has 0 aromatic heterocycles. The van der Waals surface area contributed by atoms with Crippen LogP contribution in [0.25, 0.3) is 0 Å². The first-order chi connectivity index (χ1) is 9.94. The number of nitrogens with two attached hydrogens (primary N) is 1. The Balaban J connectivity index is 3.06. The predicted octanol–water partition coefficient (Wildman–Crippen LogP) is 3.57. The highest BCUT2D eigenvalue weighted by molar-refractivity contribution is 5.95. The van der Waals surface area contributed by atoms with E-state index in [1.807, 2.05) is 30.0 Å². The summed E-state index contributed by atoms with van der Waals surface area (Å²) in [4.78, 5) is 14.9. The molecule has 118 valence electrons. The average Bonchev–Trinajstić information content (AvgIpc) is 2.46. The second-order valence-electron chi connectivity index (χ2n) is 6.00. The molecule has 4 nitrogen and oxygen atoms in total. The van der Waals surface area contributed by atoms with E-state index >= 15 is 0 Å². The highest BCUT2D eigenvalue weighted by Gasteiger charge is 2.23. The first-order valence-corrected chi connectivity index (χ1v) is 7.82. The molecule has 0 aliphatic heterocycles. The van der Waals surface area contributed by atoms with Gasteiger partial charge in [-0.1, -0.05) is 27.7 Å². The van der Waals surface area contributed by atoms with Crippen molar-refractivity contribution >= 4 is 11.6 Å². The second-order valence-corrected chi connectivity index (χ2v) is 6.00. The van der Waals surface area contributed by atoms with Crippen molar-refractivity contribution in [2.24, 2.45) is 11.8 Å². The summed E-state index contributed by atoms with van der Waals surface area (Å²) in [6, 6.07) is 5.92. The van der Waals surface area contributed by atoms with Gasteiger partial charge >= 0.3 is 0 Å². The van der Waals surface area contributed by atoms with Gasteiger partial charge in [0.05, 0.1) is 5.69 Å². The zero-order valence-electron chi connectivity index (χ0n) is 13.9. The number of nitrogen functional groups attached to an aromatic ring is 1. The van der Waals surface area contributed by atoms with E-state index in [0.717, 1.165) is 36.2 Å². The van der Waals surface area contributed by atoms with Gasteiger partial charge in [-0.25, -0.2) is 0 Å². The van der Waals surface area contributed by atoms with Crippen molar-refractivity contribution in [3.8, 4) is 0 Å². The Morgan fingerprint density at radius 1 is 1.29 bits per heavy atom. The van der Waals surface area contributed by atoms with E-state index in [0.29, 0.717) is 12.0 Å².